The van der Waals surface area contributed by atoms with Gasteiger partial charge in [0.2, 0.25) is 5.91 Å². The first-order valence-electron chi connectivity index (χ1n) is 8.62. The average molecular weight is 341 g/mol. The van der Waals surface area contributed by atoms with E-state index in [-0.39, 0.29) is 18.4 Å². The molecule has 1 aromatic heterocycles. The van der Waals surface area contributed by atoms with Crippen LogP contribution in [0.3, 0.4) is 0 Å². The van der Waals surface area contributed by atoms with E-state index >= 15 is 0 Å². The SMILES string of the molecule is CC1CCC(CC(=O)N2CCNCC2c2nccn2C)CC1.Cl. The number of piperazine rings is 1. The lowest BCUT2D eigenvalue weighted by molar-refractivity contribution is -0.136. The number of amides is 1. The first-order valence-corrected chi connectivity index (χ1v) is 8.62. The molecule has 3 rings (SSSR count). The van der Waals surface area contributed by atoms with Gasteiger partial charge >= 0.3 is 0 Å². The lowest BCUT2D eigenvalue weighted by Gasteiger charge is -2.37. The van der Waals surface area contributed by atoms with Gasteiger partial charge in [0.25, 0.3) is 0 Å². The van der Waals surface area contributed by atoms with Gasteiger partial charge in [-0.2, -0.15) is 0 Å². The number of halogens is 1. The maximum Gasteiger partial charge on any atom is 0.223 e. The quantitative estimate of drug-likeness (QED) is 0.920. The van der Waals surface area contributed by atoms with Crippen LogP contribution in [0.1, 0.15) is 50.9 Å². The monoisotopic (exact) mass is 340 g/mol. The van der Waals surface area contributed by atoms with Crippen LogP contribution in [0.2, 0.25) is 0 Å². The number of imidazole rings is 1. The van der Waals surface area contributed by atoms with Gasteiger partial charge in [-0.1, -0.05) is 19.8 Å². The normalized spacial score (nSPS) is 28.3. The van der Waals surface area contributed by atoms with Crippen molar-refractivity contribution in [2.24, 2.45) is 18.9 Å². The third-order valence-electron chi connectivity index (χ3n) is 5.32. The van der Waals surface area contributed by atoms with Gasteiger partial charge in [0.1, 0.15) is 11.9 Å². The molecule has 1 saturated carbocycles. The highest BCUT2D eigenvalue weighted by atomic mass is 35.5. The van der Waals surface area contributed by atoms with Crippen molar-refractivity contribution in [3.05, 3.63) is 18.2 Å². The van der Waals surface area contributed by atoms with E-state index < -0.39 is 0 Å². The molecule has 23 heavy (non-hydrogen) atoms. The molecule has 1 aliphatic heterocycles. The Hall–Kier alpha value is -1.07. The summed E-state index contributed by atoms with van der Waals surface area (Å²) in [6.07, 6.45) is 9.47. The fourth-order valence-electron chi connectivity index (χ4n) is 3.83. The molecular weight excluding hydrogens is 312 g/mol. The van der Waals surface area contributed by atoms with Crippen LogP contribution in [-0.2, 0) is 11.8 Å². The zero-order valence-corrected chi connectivity index (χ0v) is 15.0. The molecule has 0 spiro atoms. The van der Waals surface area contributed by atoms with Crippen molar-refractivity contribution in [3.63, 3.8) is 0 Å². The molecule has 1 unspecified atom stereocenters. The van der Waals surface area contributed by atoms with Crippen molar-refractivity contribution >= 4 is 18.3 Å². The summed E-state index contributed by atoms with van der Waals surface area (Å²) < 4.78 is 2.03. The molecule has 2 aliphatic rings. The number of aryl methyl sites for hydroxylation is 1. The average Bonchev–Trinajstić information content (AvgIpc) is 2.95. The molecule has 1 N–H and O–H groups in total. The van der Waals surface area contributed by atoms with Gasteiger partial charge < -0.3 is 14.8 Å². The van der Waals surface area contributed by atoms with Gasteiger partial charge in [0.15, 0.2) is 0 Å². The second kappa shape index (κ2) is 8.15. The number of carbonyl (C=O) groups excluding carboxylic acids is 1. The van der Waals surface area contributed by atoms with E-state index in [1.54, 1.807) is 0 Å². The second-order valence-electron chi connectivity index (χ2n) is 7.03. The van der Waals surface area contributed by atoms with Gasteiger partial charge in [-0.05, 0) is 24.7 Å². The Balaban J connectivity index is 0.00000192. The predicted molar refractivity (Wildman–Crippen MR) is 93.5 cm³/mol. The Labute approximate surface area is 145 Å². The summed E-state index contributed by atoms with van der Waals surface area (Å²) in [6, 6.07) is 0.0729. The van der Waals surface area contributed by atoms with E-state index in [9.17, 15) is 4.79 Å². The van der Waals surface area contributed by atoms with E-state index in [0.29, 0.717) is 18.2 Å². The zero-order valence-electron chi connectivity index (χ0n) is 14.2. The summed E-state index contributed by atoms with van der Waals surface area (Å²) in [5.41, 5.74) is 0. The smallest absolute Gasteiger partial charge is 0.223 e. The number of aromatic nitrogens is 2. The van der Waals surface area contributed by atoms with Gasteiger partial charge in [-0.3, -0.25) is 4.79 Å². The minimum atomic E-state index is 0. The number of carbonyl (C=O) groups is 1. The molecule has 2 heterocycles. The fraction of sp³-hybridized carbons (Fsp3) is 0.765. The van der Waals surface area contributed by atoms with E-state index in [0.717, 1.165) is 31.4 Å². The van der Waals surface area contributed by atoms with Crippen LogP contribution < -0.4 is 5.32 Å². The van der Waals surface area contributed by atoms with Gasteiger partial charge in [-0.15, -0.1) is 12.4 Å². The molecule has 1 saturated heterocycles. The third kappa shape index (κ3) is 4.27. The van der Waals surface area contributed by atoms with Crippen LogP contribution in [0, 0.1) is 11.8 Å². The Morgan fingerprint density at radius 2 is 2.09 bits per heavy atom. The van der Waals surface area contributed by atoms with Crippen LogP contribution in [0.25, 0.3) is 0 Å². The number of nitrogens with zero attached hydrogens (tertiary/aromatic N) is 3. The van der Waals surface area contributed by atoms with Crippen LogP contribution >= 0.6 is 12.4 Å². The molecule has 1 aliphatic carbocycles. The lowest BCUT2D eigenvalue weighted by atomic mass is 9.81. The fourth-order valence-corrected chi connectivity index (χ4v) is 3.83. The minimum absolute atomic E-state index is 0. The van der Waals surface area contributed by atoms with Crippen molar-refractivity contribution in [3.8, 4) is 0 Å². The molecule has 1 amide bonds. The van der Waals surface area contributed by atoms with Crippen molar-refractivity contribution in [1.82, 2.24) is 19.8 Å². The van der Waals surface area contributed by atoms with Crippen molar-refractivity contribution in [1.29, 1.82) is 0 Å². The summed E-state index contributed by atoms with van der Waals surface area (Å²) >= 11 is 0. The number of hydrogen-bond donors (Lipinski definition) is 1. The molecule has 6 heteroatoms. The lowest BCUT2D eigenvalue weighted by Crippen LogP contribution is -2.49. The molecule has 0 aromatic carbocycles. The highest BCUT2D eigenvalue weighted by Gasteiger charge is 2.32. The van der Waals surface area contributed by atoms with Crippen LogP contribution in [0.4, 0.5) is 0 Å². The molecule has 1 aromatic rings. The molecular formula is C17H29ClN4O. The number of rotatable bonds is 3. The van der Waals surface area contributed by atoms with Crippen LogP contribution in [0.15, 0.2) is 12.4 Å². The Bertz CT molecular complexity index is 510. The van der Waals surface area contributed by atoms with Crippen molar-refractivity contribution in [2.75, 3.05) is 19.6 Å². The Morgan fingerprint density at radius 1 is 1.35 bits per heavy atom. The molecule has 2 fully saturated rings. The van der Waals surface area contributed by atoms with E-state index in [1.165, 1.54) is 25.7 Å². The number of hydrogen-bond acceptors (Lipinski definition) is 3. The third-order valence-corrected chi connectivity index (χ3v) is 5.32. The van der Waals surface area contributed by atoms with Gasteiger partial charge in [-0.25, -0.2) is 4.98 Å². The summed E-state index contributed by atoms with van der Waals surface area (Å²) in [5.74, 6) is 2.72. The first-order chi connectivity index (χ1) is 10.6. The zero-order chi connectivity index (χ0) is 15.5. The molecule has 5 nitrogen and oxygen atoms in total. The highest BCUT2D eigenvalue weighted by Crippen LogP contribution is 2.32. The van der Waals surface area contributed by atoms with E-state index in [4.69, 9.17) is 0 Å². The summed E-state index contributed by atoms with van der Waals surface area (Å²) in [4.78, 5) is 19.3. The molecule has 0 bridgehead atoms. The summed E-state index contributed by atoms with van der Waals surface area (Å²) in [6.45, 7) is 4.80. The topological polar surface area (TPSA) is 50.2 Å². The Morgan fingerprint density at radius 3 is 2.74 bits per heavy atom. The summed E-state index contributed by atoms with van der Waals surface area (Å²) in [7, 11) is 2.00. The van der Waals surface area contributed by atoms with Crippen molar-refractivity contribution < 1.29 is 4.79 Å². The van der Waals surface area contributed by atoms with Gasteiger partial charge in [0, 0.05) is 45.5 Å². The maximum absolute atomic E-state index is 12.8. The summed E-state index contributed by atoms with van der Waals surface area (Å²) in [5, 5.41) is 3.40. The first kappa shape index (κ1) is 18.3. The second-order valence-corrected chi connectivity index (χ2v) is 7.03. The van der Waals surface area contributed by atoms with E-state index in [1.807, 2.05) is 24.0 Å². The van der Waals surface area contributed by atoms with Crippen LogP contribution in [0.5, 0.6) is 0 Å². The minimum Gasteiger partial charge on any atom is -0.336 e. The predicted octanol–water partition coefficient (Wildman–Crippen LogP) is 2.53. The Kier molecular flexibility index (Phi) is 6.48. The maximum atomic E-state index is 12.8. The standard InChI is InChI=1S/C17H28N4O.ClH/c1-13-3-5-14(6-4-13)11-16(22)21-10-7-18-12-15(21)17-19-8-9-20(17)2;/h8-9,13-15,18H,3-7,10-12H2,1-2H3;1H. The molecule has 1 atom stereocenters. The largest absolute Gasteiger partial charge is 0.336 e. The van der Waals surface area contributed by atoms with E-state index in [2.05, 4.69) is 22.1 Å². The van der Waals surface area contributed by atoms with Gasteiger partial charge in [0.05, 0.1) is 0 Å². The van der Waals surface area contributed by atoms with Crippen LogP contribution in [-0.4, -0.2) is 40.0 Å². The molecule has 130 valence electrons. The van der Waals surface area contributed by atoms with Crippen molar-refractivity contribution in [2.45, 2.75) is 45.1 Å². The molecule has 0 radical (unpaired) electrons. The highest BCUT2D eigenvalue weighted by molar-refractivity contribution is 5.85. The number of nitrogens with one attached hydrogen (secondary N) is 1.